The van der Waals surface area contributed by atoms with Gasteiger partial charge in [-0.15, -0.1) is 0 Å². The van der Waals surface area contributed by atoms with Crippen LogP contribution in [0.25, 0.3) is 0 Å². The molecule has 0 aliphatic carbocycles. The summed E-state index contributed by atoms with van der Waals surface area (Å²) in [6.07, 6.45) is 47.6. The molecule has 0 spiro atoms. The smallest absolute Gasteiger partial charge is 0.335 e. The number of carbonyl (C=O) groups is 4. The van der Waals surface area contributed by atoms with E-state index in [0.29, 0.717) is 19.3 Å². The molecule has 0 aromatic heterocycles. The summed E-state index contributed by atoms with van der Waals surface area (Å²) in [5.41, 5.74) is 0. The number of allylic oxidation sites excluding steroid dienone is 10. The van der Waals surface area contributed by atoms with E-state index in [1.54, 1.807) is 0 Å². The zero-order valence-corrected chi connectivity index (χ0v) is 46.1. The van der Waals surface area contributed by atoms with Crippen molar-refractivity contribution in [1.82, 2.24) is 0 Å². The standard InChI is InChI=1S/C61H104O12/c1-4-7-10-13-16-19-22-25-26-27-28-31-32-35-38-41-44-47-53(62)69-50-52(71-54(63)48-45-42-39-36-33-29-23-20-17-14-11-8-5-2)51-70-61-59(57(66)56(65)58(73-61)60(67)68)72-55(64)49-46-43-40-37-34-30-24-21-18-15-12-9-6-3/h7,10-11,14,16,19-20,23,25-26,52,56-59,61,65-66H,4-6,8-9,12-13,15,17-18,21-22,24,27-51H2,1-3H3,(H,67,68)/b10-7-,14-11-,19-16-,23-20-,26-25-. The number of aliphatic hydroxyl groups is 2. The lowest BCUT2D eigenvalue weighted by Gasteiger charge is -2.40. The van der Waals surface area contributed by atoms with E-state index in [4.69, 9.17) is 23.7 Å². The zero-order chi connectivity index (χ0) is 53.3. The van der Waals surface area contributed by atoms with Crippen LogP contribution < -0.4 is 0 Å². The van der Waals surface area contributed by atoms with E-state index in [1.165, 1.54) is 57.8 Å². The molecule has 12 heteroatoms. The first-order valence-corrected chi connectivity index (χ1v) is 29.3. The Kier molecular flexibility index (Phi) is 45.5. The molecule has 0 radical (unpaired) electrons. The fraction of sp³-hybridized carbons (Fsp3) is 0.770. The Morgan fingerprint density at radius 2 is 0.890 bits per heavy atom. The van der Waals surface area contributed by atoms with Crippen LogP contribution in [0.15, 0.2) is 60.8 Å². The van der Waals surface area contributed by atoms with Gasteiger partial charge >= 0.3 is 23.9 Å². The number of aliphatic hydroxyl groups excluding tert-OH is 2. The molecule has 12 nitrogen and oxygen atoms in total. The maximum atomic E-state index is 13.1. The van der Waals surface area contributed by atoms with E-state index in [-0.39, 0.29) is 25.9 Å². The summed E-state index contributed by atoms with van der Waals surface area (Å²) in [6, 6.07) is 0. The zero-order valence-electron chi connectivity index (χ0n) is 46.1. The van der Waals surface area contributed by atoms with Crippen molar-refractivity contribution >= 4 is 23.9 Å². The first kappa shape index (κ1) is 67.4. The van der Waals surface area contributed by atoms with Crippen molar-refractivity contribution in [2.24, 2.45) is 0 Å². The van der Waals surface area contributed by atoms with Crippen LogP contribution in [0.5, 0.6) is 0 Å². The van der Waals surface area contributed by atoms with Gasteiger partial charge in [-0.05, 0) is 77.0 Å². The van der Waals surface area contributed by atoms with E-state index in [0.717, 1.165) is 135 Å². The maximum absolute atomic E-state index is 13.1. The van der Waals surface area contributed by atoms with Crippen LogP contribution in [0, 0.1) is 0 Å². The average Bonchev–Trinajstić information content (AvgIpc) is 3.37. The molecule has 1 rings (SSSR count). The Bertz CT molecular complexity index is 1500. The molecule has 0 aromatic carbocycles. The Labute approximate surface area is 443 Å². The van der Waals surface area contributed by atoms with Gasteiger partial charge < -0.3 is 39.0 Å². The third kappa shape index (κ3) is 39.5. The average molecular weight is 1030 g/mol. The van der Waals surface area contributed by atoms with Gasteiger partial charge in [0.15, 0.2) is 24.6 Å². The van der Waals surface area contributed by atoms with Crippen LogP contribution in [0.2, 0.25) is 0 Å². The molecular weight excluding hydrogens is 925 g/mol. The third-order valence-electron chi connectivity index (χ3n) is 13.1. The van der Waals surface area contributed by atoms with Gasteiger partial charge in [0.25, 0.3) is 0 Å². The third-order valence-corrected chi connectivity index (χ3v) is 13.1. The molecule has 0 bridgehead atoms. The van der Waals surface area contributed by atoms with Crippen molar-refractivity contribution < 1.29 is 58.2 Å². The molecule has 0 saturated carbocycles. The minimum Gasteiger partial charge on any atom is -0.479 e. The van der Waals surface area contributed by atoms with Crippen molar-refractivity contribution in [3.63, 3.8) is 0 Å². The van der Waals surface area contributed by atoms with Gasteiger partial charge in [0, 0.05) is 19.3 Å². The predicted molar refractivity (Wildman–Crippen MR) is 294 cm³/mol. The van der Waals surface area contributed by atoms with Gasteiger partial charge in [0.1, 0.15) is 18.8 Å². The topological polar surface area (TPSA) is 175 Å². The summed E-state index contributed by atoms with van der Waals surface area (Å²) in [6.45, 7) is 5.80. The van der Waals surface area contributed by atoms with Crippen molar-refractivity contribution in [3.8, 4) is 0 Å². The van der Waals surface area contributed by atoms with Gasteiger partial charge in [0.05, 0.1) is 6.61 Å². The van der Waals surface area contributed by atoms with Crippen molar-refractivity contribution in [2.75, 3.05) is 13.2 Å². The highest BCUT2D eigenvalue weighted by Crippen LogP contribution is 2.26. The molecule has 1 saturated heterocycles. The SMILES string of the molecule is CC/C=C\C/C=C\C/C=C\CCCCCCCCCC(=O)OCC(COC1OC(C(=O)O)C(O)C(O)C1OC(=O)CCCCCCCCCCCCCCC)OC(=O)CCCCCCC/C=C\C/C=C\CCC. The molecule has 1 aliphatic rings. The second-order valence-electron chi connectivity index (χ2n) is 19.9. The largest absolute Gasteiger partial charge is 0.479 e. The number of hydrogen-bond donors (Lipinski definition) is 3. The maximum Gasteiger partial charge on any atom is 0.335 e. The first-order chi connectivity index (χ1) is 35.6. The fourth-order valence-electron chi connectivity index (χ4n) is 8.60. The van der Waals surface area contributed by atoms with E-state index in [1.807, 2.05) is 0 Å². The van der Waals surface area contributed by atoms with Crippen LogP contribution in [0.3, 0.4) is 0 Å². The van der Waals surface area contributed by atoms with Gasteiger partial charge in [-0.3, -0.25) is 14.4 Å². The Hall–Kier alpha value is -3.58. The highest BCUT2D eigenvalue weighted by molar-refractivity contribution is 5.74. The number of unbranched alkanes of at least 4 members (excludes halogenated alkanes) is 25. The van der Waals surface area contributed by atoms with Crippen LogP contribution in [-0.4, -0.2) is 89.2 Å². The monoisotopic (exact) mass is 1030 g/mol. The van der Waals surface area contributed by atoms with E-state index >= 15 is 0 Å². The summed E-state index contributed by atoms with van der Waals surface area (Å²) < 4.78 is 28.4. The number of rotatable bonds is 49. The molecule has 0 aromatic rings. The van der Waals surface area contributed by atoms with Crippen molar-refractivity contribution in [2.45, 2.75) is 289 Å². The van der Waals surface area contributed by atoms with Crippen LogP contribution in [0.1, 0.15) is 252 Å². The fourth-order valence-corrected chi connectivity index (χ4v) is 8.60. The van der Waals surface area contributed by atoms with Crippen LogP contribution in [-0.2, 0) is 42.9 Å². The molecular formula is C61H104O12. The number of esters is 3. The predicted octanol–water partition coefficient (Wildman–Crippen LogP) is 14.8. The van der Waals surface area contributed by atoms with Crippen molar-refractivity contribution in [3.05, 3.63) is 60.8 Å². The van der Waals surface area contributed by atoms with Crippen molar-refractivity contribution in [1.29, 1.82) is 0 Å². The van der Waals surface area contributed by atoms with Gasteiger partial charge in [-0.2, -0.15) is 0 Å². The number of aliphatic carboxylic acids is 1. The quantitative estimate of drug-likeness (QED) is 0.0228. The van der Waals surface area contributed by atoms with E-state index < -0.39 is 67.3 Å². The number of hydrogen-bond acceptors (Lipinski definition) is 11. The normalized spacial score (nSPS) is 18.7. The summed E-state index contributed by atoms with van der Waals surface area (Å²) >= 11 is 0. The molecule has 6 unspecified atom stereocenters. The molecule has 0 amide bonds. The summed E-state index contributed by atoms with van der Waals surface area (Å²) in [5.74, 6) is -3.14. The summed E-state index contributed by atoms with van der Waals surface area (Å²) in [7, 11) is 0. The molecule has 1 aliphatic heterocycles. The van der Waals surface area contributed by atoms with Crippen LogP contribution >= 0.6 is 0 Å². The van der Waals surface area contributed by atoms with Gasteiger partial charge in [-0.1, -0.05) is 216 Å². The lowest BCUT2D eigenvalue weighted by atomic mass is 9.98. The minimum atomic E-state index is -1.90. The van der Waals surface area contributed by atoms with Crippen LogP contribution in [0.4, 0.5) is 0 Å². The molecule has 3 N–H and O–H groups in total. The van der Waals surface area contributed by atoms with Gasteiger partial charge in [-0.25, -0.2) is 4.79 Å². The summed E-state index contributed by atoms with van der Waals surface area (Å²) in [4.78, 5) is 51.1. The minimum absolute atomic E-state index is 0.0602. The number of carbonyl (C=O) groups excluding carboxylic acids is 3. The number of ether oxygens (including phenoxy) is 5. The molecule has 6 atom stereocenters. The lowest BCUT2D eigenvalue weighted by Crippen LogP contribution is -2.61. The highest BCUT2D eigenvalue weighted by Gasteiger charge is 2.50. The lowest BCUT2D eigenvalue weighted by molar-refractivity contribution is -0.301. The highest BCUT2D eigenvalue weighted by atomic mass is 16.7. The Morgan fingerprint density at radius 3 is 1.37 bits per heavy atom. The molecule has 73 heavy (non-hydrogen) atoms. The molecule has 1 heterocycles. The molecule has 1 fully saturated rings. The second kappa shape index (κ2) is 49.3. The Morgan fingerprint density at radius 1 is 0.466 bits per heavy atom. The van der Waals surface area contributed by atoms with E-state index in [9.17, 15) is 34.5 Å². The Balaban J connectivity index is 2.70. The van der Waals surface area contributed by atoms with E-state index in [2.05, 4.69) is 81.5 Å². The molecule has 420 valence electrons. The van der Waals surface area contributed by atoms with Gasteiger partial charge in [0.2, 0.25) is 0 Å². The number of carboxylic acids is 1. The number of carboxylic acid groups (broad SMARTS) is 1. The second-order valence-corrected chi connectivity index (χ2v) is 19.9. The first-order valence-electron chi connectivity index (χ1n) is 29.3. The summed E-state index contributed by atoms with van der Waals surface area (Å²) in [5, 5.41) is 31.4.